The summed E-state index contributed by atoms with van der Waals surface area (Å²) >= 11 is 0. The molecule has 0 amide bonds. The Kier molecular flexibility index (Phi) is 4.76. The SMILES string of the molecule is C=C(C)[C@@H]1CCC(C)=CC1c1c(OC)cc(C)cc1OC. The molecule has 1 aliphatic rings. The zero-order valence-corrected chi connectivity index (χ0v) is 13.8. The molecule has 0 saturated carbocycles. The summed E-state index contributed by atoms with van der Waals surface area (Å²) < 4.78 is 11.3. The van der Waals surface area contributed by atoms with E-state index in [1.807, 2.05) is 0 Å². The van der Waals surface area contributed by atoms with Gasteiger partial charge in [-0.15, -0.1) is 0 Å². The average molecular weight is 286 g/mol. The third kappa shape index (κ3) is 3.15. The van der Waals surface area contributed by atoms with Crippen molar-refractivity contribution in [2.75, 3.05) is 14.2 Å². The van der Waals surface area contributed by atoms with Gasteiger partial charge >= 0.3 is 0 Å². The van der Waals surface area contributed by atoms with Gasteiger partial charge in [-0.25, -0.2) is 0 Å². The highest BCUT2D eigenvalue weighted by molar-refractivity contribution is 5.52. The molecule has 1 aromatic carbocycles. The van der Waals surface area contributed by atoms with Crippen molar-refractivity contribution in [3.05, 3.63) is 47.1 Å². The van der Waals surface area contributed by atoms with Gasteiger partial charge in [-0.1, -0.05) is 23.8 Å². The molecule has 0 bridgehead atoms. The number of ether oxygens (including phenoxy) is 2. The monoisotopic (exact) mass is 286 g/mol. The average Bonchev–Trinajstić information content (AvgIpc) is 2.45. The van der Waals surface area contributed by atoms with Crippen LogP contribution in [0.15, 0.2) is 35.9 Å². The first kappa shape index (κ1) is 15.7. The number of aryl methyl sites for hydroxylation is 1. The zero-order valence-electron chi connectivity index (χ0n) is 13.8. The quantitative estimate of drug-likeness (QED) is 0.723. The number of methoxy groups -OCH3 is 2. The van der Waals surface area contributed by atoms with Crippen molar-refractivity contribution < 1.29 is 9.47 Å². The molecule has 2 atom stereocenters. The highest BCUT2D eigenvalue weighted by atomic mass is 16.5. The summed E-state index contributed by atoms with van der Waals surface area (Å²) in [7, 11) is 3.46. The number of rotatable bonds is 4. The van der Waals surface area contributed by atoms with Crippen LogP contribution in [0.2, 0.25) is 0 Å². The number of benzene rings is 1. The van der Waals surface area contributed by atoms with Crippen LogP contribution in [0.5, 0.6) is 11.5 Å². The number of allylic oxidation sites excluding steroid dienone is 3. The summed E-state index contributed by atoms with van der Waals surface area (Å²) in [5.41, 5.74) is 4.96. The Bertz CT molecular complexity index is 544. The summed E-state index contributed by atoms with van der Waals surface area (Å²) in [4.78, 5) is 0. The lowest BCUT2D eigenvalue weighted by Gasteiger charge is -2.32. The summed E-state index contributed by atoms with van der Waals surface area (Å²) in [6, 6.07) is 4.18. The minimum Gasteiger partial charge on any atom is -0.496 e. The Balaban J connectivity index is 2.61. The van der Waals surface area contributed by atoms with E-state index < -0.39 is 0 Å². The van der Waals surface area contributed by atoms with Crippen LogP contribution in [0, 0.1) is 12.8 Å². The van der Waals surface area contributed by atoms with Crippen molar-refractivity contribution in [3.8, 4) is 11.5 Å². The molecule has 2 rings (SSSR count). The molecule has 0 aromatic heterocycles. The zero-order chi connectivity index (χ0) is 15.6. The smallest absolute Gasteiger partial charge is 0.126 e. The highest BCUT2D eigenvalue weighted by Crippen LogP contribution is 2.46. The molecule has 21 heavy (non-hydrogen) atoms. The van der Waals surface area contributed by atoms with Crippen molar-refractivity contribution in [2.45, 2.75) is 39.5 Å². The summed E-state index contributed by atoms with van der Waals surface area (Å²) in [6.07, 6.45) is 4.64. The normalized spacial score (nSPS) is 21.7. The maximum absolute atomic E-state index is 5.65. The highest BCUT2D eigenvalue weighted by Gasteiger charge is 2.30. The molecule has 0 heterocycles. The molecule has 0 aliphatic heterocycles. The molecule has 1 unspecified atom stereocenters. The van der Waals surface area contributed by atoms with Crippen LogP contribution in [0.4, 0.5) is 0 Å². The van der Waals surface area contributed by atoms with Crippen molar-refractivity contribution in [2.24, 2.45) is 5.92 Å². The van der Waals surface area contributed by atoms with E-state index in [9.17, 15) is 0 Å². The third-order valence-electron chi connectivity index (χ3n) is 4.40. The molecule has 0 radical (unpaired) electrons. The van der Waals surface area contributed by atoms with E-state index >= 15 is 0 Å². The van der Waals surface area contributed by atoms with Crippen LogP contribution in [0.1, 0.15) is 43.7 Å². The van der Waals surface area contributed by atoms with Crippen molar-refractivity contribution in [1.29, 1.82) is 0 Å². The molecule has 2 nitrogen and oxygen atoms in total. The Morgan fingerprint density at radius 1 is 1.14 bits per heavy atom. The maximum atomic E-state index is 5.65. The van der Waals surface area contributed by atoms with Gasteiger partial charge in [-0.3, -0.25) is 0 Å². The van der Waals surface area contributed by atoms with E-state index in [-0.39, 0.29) is 5.92 Å². The third-order valence-corrected chi connectivity index (χ3v) is 4.40. The second kappa shape index (κ2) is 6.38. The van der Waals surface area contributed by atoms with Gasteiger partial charge in [0.2, 0.25) is 0 Å². The van der Waals surface area contributed by atoms with Crippen molar-refractivity contribution in [1.82, 2.24) is 0 Å². The maximum Gasteiger partial charge on any atom is 0.126 e. The summed E-state index contributed by atoms with van der Waals surface area (Å²) in [5.74, 6) is 2.55. The predicted molar refractivity (Wildman–Crippen MR) is 88.3 cm³/mol. The minimum absolute atomic E-state index is 0.279. The minimum atomic E-state index is 0.279. The molecule has 0 spiro atoms. The number of hydrogen-bond donors (Lipinski definition) is 0. The first-order chi connectivity index (χ1) is 9.97. The fraction of sp³-hybridized carbons (Fsp3) is 0.474. The molecule has 1 aliphatic carbocycles. The lowest BCUT2D eigenvalue weighted by atomic mass is 9.73. The standard InChI is InChI=1S/C19H26O2/c1-12(2)15-8-7-13(3)9-16(15)19-17(20-5)10-14(4)11-18(19)21-6/h9-11,15-16H,1,7-8H2,2-6H3/t15-,16?/m0/s1. The van der Waals surface area contributed by atoms with E-state index in [1.54, 1.807) is 14.2 Å². The summed E-state index contributed by atoms with van der Waals surface area (Å²) in [6.45, 7) is 10.6. The Hall–Kier alpha value is -1.70. The van der Waals surface area contributed by atoms with Gasteiger partial charge in [0.15, 0.2) is 0 Å². The summed E-state index contributed by atoms with van der Waals surface area (Å²) in [5, 5.41) is 0. The molecule has 0 saturated heterocycles. The van der Waals surface area contributed by atoms with Gasteiger partial charge in [-0.05, 0) is 57.2 Å². The van der Waals surface area contributed by atoms with Gasteiger partial charge in [0, 0.05) is 11.5 Å². The molecule has 114 valence electrons. The molecule has 0 fully saturated rings. The Labute approximate surface area is 128 Å². The molecule has 2 heteroatoms. The first-order valence-corrected chi connectivity index (χ1v) is 7.53. The Morgan fingerprint density at radius 3 is 2.19 bits per heavy atom. The van der Waals surface area contributed by atoms with Crippen LogP contribution < -0.4 is 9.47 Å². The van der Waals surface area contributed by atoms with Crippen LogP contribution in [0.25, 0.3) is 0 Å². The van der Waals surface area contributed by atoms with Crippen molar-refractivity contribution in [3.63, 3.8) is 0 Å². The molecular weight excluding hydrogens is 260 g/mol. The Morgan fingerprint density at radius 2 is 1.71 bits per heavy atom. The number of hydrogen-bond acceptors (Lipinski definition) is 2. The van der Waals surface area contributed by atoms with E-state index in [2.05, 4.69) is 45.6 Å². The van der Waals surface area contributed by atoms with Gasteiger partial charge in [0.05, 0.1) is 14.2 Å². The van der Waals surface area contributed by atoms with Crippen molar-refractivity contribution >= 4 is 0 Å². The topological polar surface area (TPSA) is 18.5 Å². The fourth-order valence-electron chi connectivity index (χ4n) is 3.30. The van der Waals surface area contributed by atoms with E-state index in [0.717, 1.165) is 35.5 Å². The van der Waals surface area contributed by atoms with E-state index in [4.69, 9.17) is 9.47 Å². The second-order valence-corrected chi connectivity index (χ2v) is 6.11. The molecular formula is C19H26O2. The van der Waals surface area contributed by atoms with E-state index in [1.165, 1.54) is 11.1 Å². The van der Waals surface area contributed by atoms with Gasteiger partial charge in [0.1, 0.15) is 11.5 Å². The van der Waals surface area contributed by atoms with Crippen LogP contribution >= 0.6 is 0 Å². The van der Waals surface area contributed by atoms with Gasteiger partial charge < -0.3 is 9.47 Å². The first-order valence-electron chi connectivity index (χ1n) is 7.53. The lowest BCUT2D eigenvalue weighted by Crippen LogP contribution is -2.18. The van der Waals surface area contributed by atoms with Crippen LogP contribution in [-0.2, 0) is 0 Å². The van der Waals surface area contributed by atoms with Gasteiger partial charge in [0.25, 0.3) is 0 Å². The predicted octanol–water partition coefficient (Wildman–Crippen LogP) is 5.03. The second-order valence-electron chi connectivity index (χ2n) is 6.11. The van der Waals surface area contributed by atoms with E-state index in [0.29, 0.717) is 5.92 Å². The molecule has 1 aromatic rings. The van der Waals surface area contributed by atoms with Crippen LogP contribution in [0.3, 0.4) is 0 Å². The van der Waals surface area contributed by atoms with Gasteiger partial charge in [-0.2, -0.15) is 0 Å². The largest absolute Gasteiger partial charge is 0.496 e. The van der Waals surface area contributed by atoms with Crippen LogP contribution in [-0.4, -0.2) is 14.2 Å². The lowest BCUT2D eigenvalue weighted by molar-refractivity contribution is 0.368. The fourth-order valence-corrected chi connectivity index (χ4v) is 3.30. The molecule has 0 N–H and O–H groups in total.